The molecule has 0 aliphatic carbocycles. The van der Waals surface area contributed by atoms with Crippen LogP contribution in [-0.2, 0) is 4.79 Å². The van der Waals surface area contributed by atoms with Gasteiger partial charge in [-0.05, 0) is 6.42 Å². The van der Waals surface area contributed by atoms with Crippen molar-refractivity contribution in [2.45, 2.75) is 108 Å². The van der Waals surface area contributed by atoms with Crippen molar-refractivity contribution in [1.82, 2.24) is 4.90 Å². The quantitative estimate of drug-likeness (QED) is 0.221. The maximum Gasteiger partial charge on any atom is 0.222 e. The summed E-state index contributed by atoms with van der Waals surface area (Å²) in [6.45, 7) is 1.36. The highest BCUT2D eigenvalue weighted by Crippen LogP contribution is 2.13. The van der Waals surface area contributed by atoms with Gasteiger partial charge in [0.05, 0.1) is 6.61 Å². The van der Waals surface area contributed by atoms with Gasteiger partial charge in [0, 0.05) is 20.0 Å². The van der Waals surface area contributed by atoms with Gasteiger partial charge in [0.2, 0.25) is 5.91 Å². The summed E-state index contributed by atoms with van der Waals surface area (Å²) in [5.41, 5.74) is 0. The fraction of sp³-hybridized carbons (Fsp3) is 0.952. The predicted octanol–water partition coefficient (Wildman–Crippen LogP) is 1.58. The molecule has 0 bridgehead atoms. The molecule has 168 valence electrons. The van der Waals surface area contributed by atoms with Crippen LogP contribution < -0.4 is 0 Å². The van der Waals surface area contributed by atoms with Crippen LogP contribution in [0.2, 0.25) is 0 Å². The van der Waals surface area contributed by atoms with Crippen LogP contribution in [0.4, 0.5) is 0 Å². The third kappa shape index (κ3) is 12.7. The molecule has 0 saturated carbocycles. The van der Waals surface area contributed by atoms with E-state index in [4.69, 9.17) is 5.11 Å². The first-order chi connectivity index (χ1) is 13.3. The van der Waals surface area contributed by atoms with E-state index in [1.807, 2.05) is 0 Å². The van der Waals surface area contributed by atoms with Gasteiger partial charge in [-0.25, -0.2) is 0 Å². The molecule has 0 aromatic heterocycles. The van der Waals surface area contributed by atoms with Gasteiger partial charge in [0.15, 0.2) is 0 Å². The van der Waals surface area contributed by atoms with Crippen molar-refractivity contribution < 1.29 is 30.3 Å². The van der Waals surface area contributed by atoms with Gasteiger partial charge in [-0.1, -0.05) is 71.1 Å². The van der Waals surface area contributed by atoms with Crippen molar-refractivity contribution in [2.24, 2.45) is 0 Å². The molecule has 0 heterocycles. The Balaban J connectivity index is 3.78. The number of aliphatic hydroxyl groups is 5. The maximum atomic E-state index is 12.1. The summed E-state index contributed by atoms with van der Waals surface area (Å²) in [6.07, 6.45) is 7.43. The summed E-state index contributed by atoms with van der Waals surface area (Å²) in [5.74, 6) is -0.126. The van der Waals surface area contributed by atoms with Gasteiger partial charge < -0.3 is 30.4 Å². The molecule has 0 aliphatic heterocycles. The molecule has 0 aromatic rings. The van der Waals surface area contributed by atoms with Crippen molar-refractivity contribution in [2.75, 3.05) is 20.2 Å². The Labute approximate surface area is 170 Å². The van der Waals surface area contributed by atoms with Crippen molar-refractivity contribution in [3.63, 3.8) is 0 Å². The second-order valence-corrected chi connectivity index (χ2v) is 7.86. The monoisotopic (exact) mass is 405 g/mol. The standard InChI is InChI=1S/C21H43NO6/c1-3-4-5-6-7-8-9-10-11-12-13-14-19(26)22(2)15-17(24)20(27)21(28)18(25)16-23/h17-18,20-21,23-25,27-28H,3-16H2,1-2H3. The Kier molecular flexibility index (Phi) is 16.7. The average Bonchev–Trinajstić information content (AvgIpc) is 2.69. The number of likely N-dealkylation sites (N-methyl/N-ethyl adjacent to an activating group) is 1. The lowest BCUT2D eigenvalue weighted by Crippen LogP contribution is -2.49. The molecular formula is C21H43NO6. The first-order valence-electron chi connectivity index (χ1n) is 10.9. The van der Waals surface area contributed by atoms with Crippen LogP contribution in [0.15, 0.2) is 0 Å². The lowest BCUT2D eigenvalue weighted by Gasteiger charge is -2.28. The Hall–Kier alpha value is -0.730. The first kappa shape index (κ1) is 27.3. The highest BCUT2D eigenvalue weighted by Gasteiger charge is 2.31. The lowest BCUT2D eigenvalue weighted by molar-refractivity contribution is -0.138. The third-order valence-corrected chi connectivity index (χ3v) is 5.21. The van der Waals surface area contributed by atoms with Gasteiger partial charge in [-0.3, -0.25) is 4.79 Å². The van der Waals surface area contributed by atoms with E-state index in [1.54, 1.807) is 0 Å². The van der Waals surface area contributed by atoms with Crippen LogP contribution in [-0.4, -0.2) is 81.0 Å². The summed E-state index contributed by atoms with van der Waals surface area (Å²) >= 11 is 0. The second kappa shape index (κ2) is 17.2. The number of rotatable bonds is 18. The number of amides is 1. The lowest BCUT2D eigenvalue weighted by atomic mass is 10.0. The predicted molar refractivity (Wildman–Crippen MR) is 110 cm³/mol. The summed E-state index contributed by atoms with van der Waals surface area (Å²) in [5, 5.41) is 47.4. The molecule has 0 radical (unpaired) electrons. The number of nitrogens with zero attached hydrogens (tertiary/aromatic N) is 1. The Morgan fingerprint density at radius 2 is 1.18 bits per heavy atom. The number of hydrogen-bond acceptors (Lipinski definition) is 6. The minimum atomic E-state index is -1.67. The Morgan fingerprint density at radius 3 is 1.64 bits per heavy atom. The van der Waals surface area contributed by atoms with Gasteiger partial charge in [-0.2, -0.15) is 0 Å². The zero-order valence-electron chi connectivity index (χ0n) is 17.8. The van der Waals surface area contributed by atoms with E-state index >= 15 is 0 Å². The van der Waals surface area contributed by atoms with E-state index in [-0.39, 0.29) is 12.5 Å². The summed E-state index contributed by atoms with van der Waals surface area (Å²) < 4.78 is 0. The molecule has 7 heteroatoms. The van der Waals surface area contributed by atoms with Gasteiger partial charge >= 0.3 is 0 Å². The number of aliphatic hydroxyl groups excluding tert-OH is 5. The summed E-state index contributed by atoms with van der Waals surface area (Å²) in [7, 11) is 1.53. The molecule has 5 N–H and O–H groups in total. The van der Waals surface area contributed by atoms with E-state index in [0.29, 0.717) is 6.42 Å². The molecule has 7 nitrogen and oxygen atoms in total. The third-order valence-electron chi connectivity index (χ3n) is 5.21. The number of hydrogen-bond donors (Lipinski definition) is 5. The molecular weight excluding hydrogens is 362 g/mol. The molecule has 0 saturated heterocycles. The van der Waals surface area contributed by atoms with Gasteiger partial charge in [0.1, 0.15) is 24.4 Å². The molecule has 4 atom stereocenters. The molecule has 0 aliphatic rings. The number of carbonyl (C=O) groups is 1. The van der Waals surface area contributed by atoms with Crippen LogP contribution >= 0.6 is 0 Å². The molecule has 0 rings (SSSR count). The highest BCUT2D eigenvalue weighted by molar-refractivity contribution is 5.75. The Morgan fingerprint density at radius 1 is 0.750 bits per heavy atom. The first-order valence-corrected chi connectivity index (χ1v) is 10.9. The molecule has 0 fully saturated rings. The zero-order valence-corrected chi connectivity index (χ0v) is 17.8. The van der Waals surface area contributed by atoms with E-state index in [9.17, 15) is 25.2 Å². The zero-order chi connectivity index (χ0) is 21.4. The van der Waals surface area contributed by atoms with E-state index in [2.05, 4.69) is 6.92 Å². The van der Waals surface area contributed by atoms with Crippen molar-refractivity contribution in [3.05, 3.63) is 0 Å². The van der Waals surface area contributed by atoms with Crippen LogP contribution in [0.3, 0.4) is 0 Å². The van der Waals surface area contributed by atoms with Crippen LogP contribution in [0.1, 0.15) is 84.0 Å². The van der Waals surface area contributed by atoms with Crippen molar-refractivity contribution in [3.8, 4) is 0 Å². The van der Waals surface area contributed by atoms with E-state index in [1.165, 1.54) is 63.3 Å². The number of carbonyl (C=O) groups excluding carboxylic acids is 1. The average molecular weight is 406 g/mol. The molecule has 0 aromatic carbocycles. The minimum absolute atomic E-state index is 0.126. The molecule has 1 amide bonds. The molecule has 0 spiro atoms. The van der Waals surface area contributed by atoms with E-state index in [0.717, 1.165) is 19.3 Å². The SMILES string of the molecule is CCCCCCCCCCCCCC(=O)N(C)CC(O)C(O)C(O)C(O)CO. The fourth-order valence-electron chi connectivity index (χ4n) is 3.18. The van der Waals surface area contributed by atoms with Crippen molar-refractivity contribution >= 4 is 5.91 Å². The maximum absolute atomic E-state index is 12.1. The fourth-order valence-corrected chi connectivity index (χ4v) is 3.18. The minimum Gasteiger partial charge on any atom is -0.394 e. The van der Waals surface area contributed by atoms with Crippen LogP contribution in [0.25, 0.3) is 0 Å². The second-order valence-electron chi connectivity index (χ2n) is 7.86. The number of unbranched alkanes of at least 4 members (excludes halogenated alkanes) is 10. The Bertz CT molecular complexity index is 382. The highest BCUT2D eigenvalue weighted by atomic mass is 16.4. The normalized spacial score (nSPS) is 15.8. The van der Waals surface area contributed by atoms with E-state index < -0.39 is 31.0 Å². The van der Waals surface area contributed by atoms with Crippen molar-refractivity contribution in [1.29, 1.82) is 0 Å². The van der Waals surface area contributed by atoms with Gasteiger partial charge in [0.25, 0.3) is 0 Å². The summed E-state index contributed by atoms with van der Waals surface area (Å²) in [6, 6.07) is 0. The topological polar surface area (TPSA) is 121 Å². The molecule has 4 unspecified atom stereocenters. The summed E-state index contributed by atoms with van der Waals surface area (Å²) in [4.78, 5) is 13.4. The van der Waals surface area contributed by atoms with Crippen LogP contribution in [0, 0.1) is 0 Å². The molecule has 28 heavy (non-hydrogen) atoms. The smallest absolute Gasteiger partial charge is 0.222 e. The van der Waals surface area contributed by atoms with Gasteiger partial charge in [-0.15, -0.1) is 0 Å². The van der Waals surface area contributed by atoms with Crippen LogP contribution in [0.5, 0.6) is 0 Å². The largest absolute Gasteiger partial charge is 0.394 e.